The first-order chi connectivity index (χ1) is 15.2. The second-order valence-electron chi connectivity index (χ2n) is 6.77. The molecule has 31 heavy (non-hydrogen) atoms. The number of hydrogen-bond acceptors (Lipinski definition) is 5. The number of carbonyl (C=O) groups excluding carboxylic acids is 2. The van der Waals surface area contributed by atoms with Gasteiger partial charge in [-0.1, -0.05) is 72.4 Å². The molecule has 7 nitrogen and oxygen atoms in total. The van der Waals surface area contributed by atoms with Crippen molar-refractivity contribution in [2.24, 2.45) is 0 Å². The van der Waals surface area contributed by atoms with E-state index in [4.69, 9.17) is 9.72 Å². The molecule has 3 aromatic rings. The van der Waals surface area contributed by atoms with Gasteiger partial charge in [0.15, 0.2) is 5.16 Å². The van der Waals surface area contributed by atoms with Crippen molar-refractivity contribution in [2.45, 2.75) is 12.1 Å². The first kappa shape index (κ1) is 20.7. The van der Waals surface area contributed by atoms with E-state index in [-0.39, 0.29) is 19.2 Å². The van der Waals surface area contributed by atoms with Crippen molar-refractivity contribution < 1.29 is 14.3 Å². The van der Waals surface area contributed by atoms with E-state index in [2.05, 4.69) is 15.6 Å². The second-order valence-corrected chi connectivity index (χ2v) is 7.74. The van der Waals surface area contributed by atoms with E-state index in [0.29, 0.717) is 22.2 Å². The van der Waals surface area contributed by atoms with Gasteiger partial charge < -0.3 is 20.4 Å². The van der Waals surface area contributed by atoms with Crippen molar-refractivity contribution in [2.75, 3.05) is 18.9 Å². The van der Waals surface area contributed by atoms with Crippen LogP contribution in [0.3, 0.4) is 0 Å². The Morgan fingerprint density at radius 2 is 1.74 bits per heavy atom. The fourth-order valence-corrected chi connectivity index (χ4v) is 4.11. The van der Waals surface area contributed by atoms with Crippen LogP contribution in [-0.4, -0.2) is 40.9 Å². The topological polar surface area (TPSA) is 96.1 Å². The molecular formula is C23H22N4O3S. The molecule has 4 rings (SSSR count). The number of nitrogens with one attached hydrogen (secondary N) is 3. The number of H-pyrrole nitrogens is 1. The first-order valence-electron chi connectivity index (χ1n) is 9.93. The summed E-state index contributed by atoms with van der Waals surface area (Å²) in [6.07, 6.45) is 0. The van der Waals surface area contributed by atoms with E-state index in [1.165, 1.54) is 11.8 Å². The zero-order valence-electron chi connectivity index (χ0n) is 17.0. The molecule has 0 aliphatic carbocycles. The average molecular weight is 435 g/mol. The van der Waals surface area contributed by atoms with E-state index in [1.54, 1.807) is 6.92 Å². The van der Waals surface area contributed by atoms with Crippen molar-refractivity contribution in [1.29, 1.82) is 0 Å². The number of amides is 2. The molecule has 1 aromatic heterocycles. The van der Waals surface area contributed by atoms with Gasteiger partial charge in [-0.3, -0.25) is 0 Å². The minimum absolute atomic E-state index is 0.142. The predicted octanol–water partition coefficient (Wildman–Crippen LogP) is 3.97. The lowest BCUT2D eigenvalue weighted by atomic mass is 10.1. The molecule has 0 bridgehead atoms. The van der Waals surface area contributed by atoms with E-state index in [0.717, 1.165) is 22.5 Å². The third-order valence-electron chi connectivity index (χ3n) is 4.72. The maximum absolute atomic E-state index is 12.3. The van der Waals surface area contributed by atoms with Gasteiger partial charge in [0.25, 0.3) is 0 Å². The summed E-state index contributed by atoms with van der Waals surface area (Å²) in [6, 6.07) is 19.6. The summed E-state index contributed by atoms with van der Waals surface area (Å²) >= 11 is 1.42. The van der Waals surface area contributed by atoms with Gasteiger partial charge in [-0.15, -0.1) is 0 Å². The summed E-state index contributed by atoms with van der Waals surface area (Å²) in [5.74, 6) is -0.0580. The molecule has 2 amide bonds. The van der Waals surface area contributed by atoms with Crippen LogP contribution in [0.2, 0.25) is 0 Å². The summed E-state index contributed by atoms with van der Waals surface area (Å²) < 4.78 is 5.12. The number of esters is 1. The molecule has 3 N–H and O–H groups in total. The van der Waals surface area contributed by atoms with Crippen LogP contribution in [0.1, 0.15) is 6.92 Å². The van der Waals surface area contributed by atoms with Crippen molar-refractivity contribution in [3.05, 3.63) is 71.9 Å². The van der Waals surface area contributed by atoms with E-state index >= 15 is 0 Å². The number of urea groups is 1. The molecule has 2 aromatic carbocycles. The maximum atomic E-state index is 12.3. The zero-order valence-corrected chi connectivity index (χ0v) is 17.8. The van der Waals surface area contributed by atoms with Crippen LogP contribution in [-0.2, 0) is 9.53 Å². The van der Waals surface area contributed by atoms with E-state index in [1.807, 2.05) is 60.7 Å². The fourth-order valence-electron chi connectivity index (χ4n) is 3.25. The van der Waals surface area contributed by atoms with Gasteiger partial charge in [-0.25, -0.2) is 14.6 Å². The Kier molecular flexibility index (Phi) is 6.37. The third-order valence-corrected chi connectivity index (χ3v) is 5.62. The summed E-state index contributed by atoms with van der Waals surface area (Å²) in [6.45, 7) is 2.17. The standard InChI is InChI=1S/C23H22N4O3S/c1-2-30-21(28)17-13-24-22(29)25-18(17)14-31-23-26-19(15-9-5-3-6-10-15)20(27-23)16-11-7-4-8-12-16/h3-12H,2,13-14H2,1H3,(H,26,27)(H2,24,25,29). The number of thioether (sulfide) groups is 1. The number of nitrogens with zero attached hydrogens (tertiary/aromatic N) is 1. The lowest BCUT2D eigenvalue weighted by Crippen LogP contribution is -2.44. The molecule has 8 heteroatoms. The van der Waals surface area contributed by atoms with Crippen LogP contribution in [0.4, 0.5) is 4.79 Å². The van der Waals surface area contributed by atoms with Crippen LogP contribution in [0.25, 0.3) is 22.5 Å². The minimum Gasteiger partial charge on any atom is -0.463 e. The molecule has 0 unspecified atom stereocenters. The summed E-state index contributed by atoms with van der Waals surface area (Å²) in [7, 11) is 0. The highest BCUT2D eigenvalue weighted by molar-refractivity contribution is 7.99. The SMILES string of the molecule is CCOC(=O)C1=C(CSc2nc(-c3ccccc3)c(-c3ccccc3)[nH]2)NC(=O)NC1. The highest BCUT2D eigenvalue weighted by Gasteiger charge is 2.24. The van der Waals surface area contributed by atoms with Gasteiger partial charge in [-0.05, 0) is 6.92 Å². The number of aromatic nitrogens is 2. The molecule has 1 aliphatic rings. The highest BCUT2D eigenvalue weighted by Crippen LogP contribution is 2.33. The quantitative estimate of drug-likeness (QED) is 0.386. The molecule has 0 atom stereocenters. The molecule has 158 valence electrons. The lowest BCUT2D eigenvalue weighted by molar-refractivity contribution is -0.138. The van der Waals surface area contributed by atoms with E-state index < -0.39 is 5.97 Å². The Morgan fingerprint density at radius 1 is 1.06 bits per heavy atom. The van der Waals surface area contributed by atoms with E-state index in [9.17, 15) is 9.59 Å². The maximum Gasteiger partial charge on any atom is 0.337 e. The molecular weight excluding hydrogens is 412 g/mol. The Hall–Kier alpha value is -3.52. The number of hydrogen-bond donors (Lipinski definition) is 3. The van der Waals surface area contributed by atoms with Crippen molar-refractivity contribution in [3.63, 3.8) is 0 Å². The normalized spacial score (nSPS) is 13.5. The van der Waals surface area contributed by atoms with Crippen molar-refractivity contribution in [1.82, 2.24) is 20.6 Å². The van der Waals surface area contributed by atoms with Crippen molar-refractivity contribution in [3.8, 4) is 22.5 Å². The molecule has 1 aliphatic heterocycles. The largest absolute Gasteiger partial charge is 0.463 e. The Balaban J connectivity index is 1.63. The number of aromatic amines is 1. The molecule has 2 heterocycles. The molecule has 0 spiro atoms. The second kappa shape index (κ2) is 9.53. The fraction of sp³-hybridized carbons (Fsp3) is 0.174. The highest BCUT2D eigenvalue weighted by atomic mass is 32.2. The number of rotatable bonds is 7. The van der Waals surface area contributed by atoms with Crippen LogP contribution >= 0.6 is 11.8 Å². The predicted molar refractivity (Wildman–Crippen MR) is 120 cm³/mol. The van der Waals surface area contributed by atoms with Crippen LogP contribution in [0, 0.1) is 0 Å². The number of benzene rings is 2. The van der Waals surface area contributed by atoms with Crippen LogP contribution < -0.4 is 10.6 Å². The number of imidazole rings is 1. The Labute approximate surface area is 184 Å². The summed E-state index contributed by atoms with van der Waals surface area (Å²) in [5.41, 5.74) is 4.76. The molecule has 0 saturated carbocycles. The lowest BCUT2D eigenvalue weighted by Gasteiger charge is -2.20. The smallest absolute Gasteiger partial charge is 0.337 e. The van der Waals surface area contributed by atoms with Gasteiger partial charge in [0, 0.05) is 22.6 Å². The molecule has 0 radical (unpaired) electrons. The van der Waals surface area contributed by atoms with Crippen LogP contribution in [0.5, 0.6) is 0 Å². The van der Waals surface area contributed by atoms with Gasteiger partial charge in [-0.2, -0.15) is 0 Å². The van der Waals surface area contributed by atoms with Gasteiger partial charge >= 0.3 is 12.0 Å². The molecule has 0 fully saturated rings. The Bertz CT molecular complexity index is 1050. The Morgan fingerprint density at radius 3 is 2.42 bits per heavy atom. The van der Waals surface area contributed by atoms with Gasteiger partial charge in [0.2, 0.25) is 0 Å². The van der Waals surface area contributed by atoms with Crippen LogP contribution in [0.15, 0.2) is 77.1 Å². The zero-order chi connectivity index (χ0) is 21.6. The van der Waals surface area contributed by atoms with Gasteiger partial charge in [0.1, 0.15) is 0 Å². The minimum atomic E-state index is -0.431. The van der Waals surface area contributed by atoms with Crippen molar-refractivity contribution >= 4 is 23.8 Å². The first-order valence-corrected chi connectivity index (χ1v) is 10.9. The average Bonchev–Trinajstić information content (AvgIpc) is 3.23. The monoisotopic (exact) mass is 434 g/mol. The van der Waals surface area contributed by atoms with Gasteiger partial charge in [0.05, 0.1) is 30.1 Å². The summed E-state index contributed by atoms with van der Waals surface area (Å²) in [4.78, 5) is 32.3. The summed E-state index contributed by atoms with van der Waals surface area (Å²) in [5, 5.41) is 6.04. The number of carbonyl (C=O) groups is 2. The molecule has 0 saturated heterocycles. The number of ether oxygens (including phenoxy) is 1. The third kappa shape index (κ3) is 4.80.